The number of nitrogens with one attached hydrogen (secondary N) is 2. The average molecular weight is 401 g/mol. The van der Waals surface area contributed by atoms with E-state index >= 15 is 0 Å². The van der Waals surface area contributed by atoms with Gasteiger partial charge >= 0.3 is 5.97 Å². The Hall–Kier alpha value is -2.53. The van der Waals surface area contributed by atoms with E-state index in [1.165, 1.54) is 13.0 Å². The number of aryl methyl sites for hydroxylation is 1. The first-order valence-electron chi connectivity index (χ1n) is 8.35. The predicted octanol–water partition coefficient (Wildman–Crippen LogP) is 1.33. The zero-order valence-electron chi connectivity index (χ0n) is 15.1. The third-order valence-electron chi connectivity index (χ3n) is 3.78. The Kier molecular flexibility index (Phi) is 8.32. The molecule has 1 atom stereocenters. The molecule has 1 amide bonds. The molecular weight excluding hydrogens is 378 g/mol. The molecule has 27 heavy (non-hydrogen) atoms. The van der Waals surface area contributed by atoms with Crippen molar-refractivity contribution in [1.29, 1.82) is 0 Å². The molecule has 0 aliphatic rings. The molecule has 0 aliphatic carbocycles. The van der Waals surface area contributed by atoms with Crippen LogP contribution < -0.4 is 10.0 Å². The van der Waals surface area contributed by atoms with Crippen molar-refractivity contribution in [2.24, 2.45) is 0 Å². The Labute approximate surface area is 157 Å². The fourth-order valence-corrected chi connectivity index (χ4v) is 3.73. The van der Waals surface area contributed by atoms with Gasteiger partial charge in [-0.15, -0.1) is 0 Å². The van der Waals surface area contributed by atoms with Gasteiger partial charge in [-0.3, -0.25) is 19.7 Å². The van der Waals surface area contributed by atoms with Crippen molar-refractivity contribution < 1.29 is 28.0 Å². The third kappa shape index (κ3) is 6.94. The lowest BCUT2D eigenvalue weighted by atomic mass is 10.1. The predicted molar refractivity (Wildman–Crippen MR) is 96.7 cm³/mol. The van der Waals surface area contributed by atoms with Gasteiger partial charge in [-0.1, -0.05) is 19.4 Å². The van der Waals surface area contributed by atoms with Gasteiger partial charge in [-0.25, -0.2) is 8.42 Å². The molecule has 0 bridgehead atoms. The Morgan fingerprint density at radius 1 is 1.33 bits per heavy atom. The zero-order valence-corrected chi connectivity index (χ0v) is 15.9. The highest BCUT2D eigenvalue weighted by Gasteiger charge is 2.28. The molecule has 1 aromatic carbocycles. The smallest absolute Gasteiger partial charge is 0.321 e. The molecule has 0 aliphatic heterocycles. The van der Waals surface area contributed by atoms with E-state index in [1.54, 1.807) is 0 Å². The van der Waals surface area contributed by atoms with Crippen molar-refractivity contribution in [2.45, 2.75) is 50.5 Å². The van der Waals surface area contributed by atoms with E-state index in [0.717, 1.165) is 25.0 Å². The van der Waals surface area contributed by atoms with Crippen LogP contribution in [0.4, 0.5) is 5.69 Å². The second-order valence-corrected chi connectivity index (χ2v) is 7.64. The highest BCUT2D eigenvalue weighted by molar-refractivity contribution is 7.89. The maximum Gasteiger partial charge on any atom is 0.321 e. The number of carbonyl (C=O) groups excluding carboxylic acids is 1. The Bertz CT molecular complexity index is 808. The van der Waals surface area contributed by atoms with Crippen LogP contribution in [0.2, 0.25) is 0 Å². The standard InChI is InChI=1S/C16H23N3O7S/c1-3-4-9-17-15(20)8-7-13(16(21)22)18-27(25,26)14-10-12(19(23)24)6-5-11(14)2/h5-6,10,13,18H,3-4,7-9H2,1-2H3,(H,17,20)(H,21,22). The summed E-state index contributed by atoms with van der Waals surface area (Å²) in [5.74, 6) is -1.82. The van der Waals surface area contributed by atoms with E-state index in [9.17, 15) is 33.2 Å². The Balaban J connectivity index is 2.90. The quantitative estimate of drug-likeness (QED) is 0.287. The second kappa shape index (κ2) is 9.97. The molecule has 150 valence electrons. The van der Waals surface area contributed by atoms with Crippen molar-refractivity contribution in [3.05, 3.63) is 33.9 Å². The largest absolute Gasteiger partial charge is 0.480 e. The number of unbranched alkanes of at least 4 members (excludes halogenated alkanes) is 1. The van der Waals surface area contributed by atoms with Crippen LogP contribution in [0, 0.1) is 17.0 Å². The number of nitrogens with zero attached hydrogens (tertiary/aromatic N) is 1. The summed E-state index contributed by atoms with van der Waals surface area (Å²) < 4.78 is 27.0. The maximum atomic E-state index is 12.5. The van der Waals surface area contributed by atoms with Crippen molar-refractivity contribution >= 4 is 27.6 Å². The van der Waals surface area contributed by atoms with E-state index in [4.69, 9.17) is 0 Å². The number of hydrogen-bond donors (Lipinski definition) is 3. The summed E-state index contributed by atoms with van der Waals surface area (Å²) in [6, 6.07) is 1.76. The average Bonchev–Trinajstić information content (AvgIpc) is 2.58. The lowest BCUT2D eigenvalue weighted by Gasteiger charge is -2.16. The first-order chi connectivity index (χ1) is 12.6. The van der Waals surface area contributed by atoms with Gasteiger partial charge in [-0.2, -0.15) is 4.72 Å². The number of aliphatic carboxylic acids is 1. The molecule has 1 aromatic rings. The lowest BCUT2D eigenvalue weighted by molar-refractivity contribution is -0.385. The van der Waals surface area contributed by atoms with Crippen LogP contribution in [0.25, 0.3) is 0 Å². The Morgan fingerprint density at radius 2 is 2.00 bits per heavy atom. The van der Waals surface area contributed by atoms with Crippen LogP contribution in [-0.4, -0.2) is 42.9 Å². The number of amides is 1. The number of sulfonamides is 1. The van der Waals surface area contributed by atoms with Crippen LogP contribution in [0.3, 0.4) is 0 Å². The number of nitro groups is 1. The normalized spacial score (nSPS) is 12.4. The molecule has 0 saturated heterocycles. The maximum absolute atomic E-state index is 12.5. The van der Waals surface area contributed by atoms with Crippen LogP contribution in [0.5, 0.6) is 0 Å². The van der Waals surface area contributed by atoms with Crippen LogP contribution in [0.1, 0.15) is 38.2 Å². The number of benzene rings is 1. The van der Waals surface area contributed by atoms with E-state index in [-0.39, 0.29) is 29.2 Å². The summed E-state index contributed by atoms with van der Waals surface area (Å²) in [7, 11) is -4.33. The third-order valence-corrected chi connectivity index (χ3v) is 5.39. The lowest BCUT2D eigenvalue weighted by Crippen LogP contribution is -2.41. The number of hydrogen-bond acceptors (Lipinski definition) is 6. The molecular formula is C16H23N3O7S. The summed E-state index contributed by atoms with van der Waals surface area (Å²) >= 11 is 0. The molecule has 0 heterocycles. The minimum Gasteiger partial charge on any atom is -0.480 e. The monoisotopic (exact) mass is 401 g/mol. The second-order valence-electron chi connectivity index (χ2n) is 5.96. The van der Waals surface area contributed by atoms with Gasteiger partial charge in [0, 0.05) is 25.1 Å². The number of rotatable bonds is 11. The number of carboxylic acid groups (broad SMARTS) is 1. The minimum absolute atomic E-state index is 0.170. The highest BCUT2D eigenvalue weighted by atomic mass is 32.2. The van der Waals surface area contributed by atoms with Crippen molar-refractivity contribution in [1.82, 2.24) is 10.0 Å². The number of nitro benzene ring substituents is 1. The minimum atomic E-state index is -4.33. The van der Waals surface area contributed by atoms with Crippen molar-refractivity contribution in [3.63, 3.8) is 0 Å². The highest BCUT2D eigenvalue weighted by Crippen LogP contribution is 2.22. The molecule has 11 heteroatoms. The van der Waals surface area contributed by atoms with Crippen LogP contribution in [-0.2, 0) is 19.6 Å². The number of carboxylic acids is 1. The number of non-ortho nitro benzene ring substituents is 1. The molecule has 0 radical (unpaired) electrons. The summed E-state index contributed by atoms with van der Waals surface area (Å²) in [5.41, 5.74) is -0.197. The van der Waals surface area contributed by atoms with Gasteiger partial charge in [0.15, 0.2) is 0 Å². The molecule has 1 unspecified atom stereocenters. The van der Waals surface area contributed by atoms with Crippen molar-refractivity contribution in [2.75, 3.05) is 6.54 Å². The fourth-order valence-electron chi connectivity index (χ4n) is 2.24. The fraction of sp³-hybridized carbons (Fsp3) is 0.500. The van der Waals surface area contributed by atoms with E-state index in [1.807, 2.05) is 11.6 Å². The summed E-state index contributed by atoms with van der Waals surface area (Å²) in [4.78, 5) is 32.8. The van der Waals surface area contributed by atoms with Gasteiger partial charge in [0.05, 0.1) is 9.82 Å². The van der Waals surface area contributed by atoms with Gasteiger partial charge in [0.2, 0.25) is 15.9 Å². The number of carbonyl (C=O) groups is 2. The molecule has 1 rings (SSSR count). The Morgan fingerprint density at radius 3 is 2.56 bits per heavy atom. The van der Waals surface area contributed by atoms with Gasteiger partial charge in [-0.05, 0) is 25.3 Å². The molecule has 0 saturated carbocycles. The SMILES string of the molecule is CCCCNC(=O)CCC(NS(=O)(=O)c1cc([N+](=O)[O-])ccc1C)C(=O)O. The molecule has 10 nitrogen and oxygen atoms in total. The van der Waals surface area contributed by atoms with E-state index in [0.29, 0.717) is 6.54 Å². The van der Waals surface area contributed by atoms with Gasteiger partial charge in [0.1, 0.15) is 6.04 Å². The molecule has 3 N–H and O–H groups in total. The van der Waals surface area contributed by atoms with E-state index < -0.39 is 32.6 Å². The van der Waals surface area contributed by atoms with Gasteiger partial charge < -0.3 is 10.4 Å². The summed E-state index contributed by atoms with van der Waals surface area (Å²) in [6.07, 6.45) is 1.25. The molecule has 0 aromatic heterocycles. The van der Waals surface area contributed by atoms with Crippen LogP contribution >= 0.6 is 0 Å². The van der Waals surface area contributed by atoms with Crippen LogP contribution in [0.15, 0.2) is 23.1 Å². The first-order valence-corrected chi connectivity index (χ1v) is 9.83. The van der Waals surface area contributed by atoms with Crippen molar-refractivity contribution in [3.8, 4) is 0 Å². The molecule has 0 fully saturated rings. The molecule has 0 spiro atoms. The summed E-state index contributed by atoms with van der Waals surface area (Å²) in [5, 5.41) is 22.7. The van der Waals surface area contributed by atoms with Gasteiger partial charge in [0.25, 0.3) is 5.69 Å². The topological polar surface area (TPSA) is 156 Å². The first kappa shape index (κ1) is 22.5. The zero-order chi connectivity index (χ0) is 20.6. The summed E-state index contributed by atoms with van der Waals surface area (Å²) in [6.45, 7) is 3.86. The van der Waals surface area contributed by atoms with E-state index in [2.05, 4.69) is 5.32 Å².